The second-order valence-corrected chi connectivity index (χ2v) is 6.03. The van der Waals surface area contributed by atoms with E-state index in [1.165, 1.54) is 30.0 Å². The average molecular weight is 396 g/mol. The van der Waals surface area contributed by atoms with Crippen LogP contribution in [0.5, 0.6) is 11.5 Å². The molecule has 1 aromatic carbocycles. The molecule has 0 fully saturated rings. The molecule has 0 atom stereocenters. The summed E-state index contributed by atoms with van der Waals surface area (Å²) in [5, 5.41) is 0. The second kappa shape index (κ2) is 8.87. The Labute approximate surface area is 166 Å². The molecule has 0 aliphatic carbocycles. The van der Waals surface area contributed by atoms with E-state index in [1.54, 1.807) is 30.3 Å². The van der Waals surface area contributed by atoms with Gasteiger partial charge in [-0.2, -0.15) is 0 Å². The maximum absolute atomic E-state index is 12.4. The number of nitrogens with zero attached hydrogens (tertiary/aromatic N) is 2. The Morgan fingerprint density at radius 1 is 1.10 bits per heavy atom. The zero-order chi connectivity index (χ0) is 20.8. The van der Waals surface area contributed by atoms with E-state index < -0.39 is 17.4 Å². The van der Waals surface area contributed by atoms with Crippen molar-refractivity contribution in [1.82, 2.24) is 20.2 Å². The summed E-state index contributed by atoms with van der Waals surface area (Å²) in [6.45, 7) is 2.50. The lowest BCUT2D eigenvalue weighted by Crippen LogP contribution is -2.43. The molecule has 3 rings (SSSR count). The van der Waals surface area contributed by atoms with Crippen LogP contribution in [0.4, 0.5) is 0 Å². The van der Waals surface area contributed by atoms with Gasteiger partial charge in [-0.1, -0.05) is 13.0 Å². The lowest BCUT2D eigenvalue weighted by atomic mass is 10.2. The number of hydrazine groups is 1. The molecule has 29 heavy (non-hydrogen) atoms. The number of hydrogen-bond acceptors (Lipinski definition) is 6. The summed E-state index contributed by atoms with van der Waals surface area (Å²) < 4.78 is 12.0. The number of aromatic nitrogens is 2. The largest absolute Gasteiger partial charge is 0.493 e. The summed E-state index contributed by atoms with van der Waals surface area (Å²) in [7, 11) is 1.47. The fraction of sp³-hybridized carbons (Fsp3) is 0.200. The molecule has 9 heteroatoms. The highest BCUT2D eigenvalue weighted by Crippen LogP contribution is 2.28. The molecule has 150 valence electrons. The highest BCUT2D eigenvalue weighted by molar-refractivity contribution is 5.99. The van der Waals surface area contributed by atoms with Gasteiger partial charge in [-0.15, -0.1) is 0 Å². The number of rotatable bonds is 6. The standard InChI is InChI=1S/C20H20N4O5/c1-3-10-29-15-8-7-13(11-16(15)28-2)18(25)22-23-19(26)14-12-21-17-6-4-5-9-24(17)20(14)27/h4-9,11-12H,3,10H2,1-2H3,(H,22,25)(H,23,26). The van der Waals surface area contributed by atoms with Gasteiger partial charge < -0.3 is 9.47 Å². The lowest BCUT2D eigenvalue weighted by Gasteiger charge is -2.12. The van der Waals surface area contributed by atoms with Crippen molar-refractivity contribution < 1.29 is 19.1 Å². The predicted molar refractivity (Wildman–Crippen MR) is 105 cm³/mol. The molecule has 0 aliphatic rings. The SMILES string of the molecule is CCCOc1ccc(C(=O)NNC(=O)c2cnc3ccccn3c2=O)cc1OC. The smallest absolute Gasteiger partial charge is 0.276 e. The number of benzene rings is 1. The Bertz CT molecular complexity index is 1110. The van der Waals surface area contributed by atoms with E-state index in [0.717, 1.165) is 6.42 Å². The number of fused-ring (bicyclic) bond motifs is 1. The lowest BCUT2D eigenvalue weighted by molar-refractivity contribution is 0.0845. The number of hydrogen-bond donors (Lipinski definition) is 2. The number of pyridine rings is 1. The van der Waals surface area contributed by atoms with Crippen LogP contribution in [-0.4, -0.2) is 34.9 Å². The highest BCUT2D eigenvalue weighted by Gasteiger charge is 2.16. The van der Waals surface area contributed by atoms with Crippen molar-refractivity contribution in [3.8, 4) is 11.5 Å². The number of methoxy groups -OCH3 is 1. The van der Waals surface area contributed by atoms with Crippen molar-refractivity contribution in [1.29, 1.82) is 0 Å². The van der Waals surface area contributed by atoms with Crippen LogP contribution in [0.3, 0.4) is 0 Å². The number of nitrogens with one attached hydrogen (secondary N) is 2. The van der Waals surface area contributed by atoms with Crippen LogP contribution in [-0.2, 0) is 0 Å². The first-order valence-corrected chi connectivity index (χ1v) is 8.93. The van der Waals surface area contributed by atoms with E-state index in [-0.39, 0.29) is 11.1 Å². The van der Waals surface area contributed by atoms with Crippen molar-refractivity contribution in [2.75, 3.05) is 13.7 Å². The highest BCUT2D eigenvalue weighted by atomic mass is 16.5. The average Bonchev–Trinajstić information content (AvgIpc) is 2.76. The molecule has 0 saturated carbocycles. The number of amides is 2. The number of carbonyl (C=O) groups is 2. The summed E-state index contributed by atoms with van der Waals surface area (Å²) in [5.41, 5.74) is 4.42. The molecular formula is C20H20N4O5. The molecular weight excluding hydrogens is 376 g/mol. The summed E-state index contributed by atoms with van der Waals surface area (Å²) in [5.74, 6) is -0.434. The zero-order valence-corrected chi connectivity index (χ0v) is 16.0. The number of ether oxygens (including phenoxy) is 2. The molecule has 2 amide bonds. The van der Waals surface area contributed by atoms with Crippen LogP contribution < -0.4 is 25.9 Å². The third kappa shape index (κ3) is 4.34. The number of carbonyl (C=O) groups excluding carboxylic acids is 2. The Kier molecular flexibility index (Phi) is 6.08. The minimum absolute atomic E-state index is 0.199. The van der Waals surface area contributed by atoms with Crippen LogP contribution >= 0.6 is 0 Å². The van der Waals surface area contributed by atoms with Crippen LogP contribution in [0.1, 0.15) is 34.1 Å². The molecule has 0 bridgehead atoms. The van der Waals surface area contributed by atoms with Gasteiger partial charge in [0, 0.05) is 18.0 Å². The quantitative estimate of drug-likeness (QED) is 0.612. The van der Waals surface area contributed by atoms with E-state index >= 15 is 0 Å². The topological polar surface area (TPSA) is 111 Å². The Morgan fingerprint density at radius 2 is 1.90 bits per heavy atom. The van der Waals surface area contributed by atoms with Crippen LogP contribution in [0.15, 0.2) is 53.6 Å². The molecule has 0 spiro atoms. The van der Waals surface area contributed by atoms with Crippen molar-refractivity contribution in [2.24, 2.45) is 0 Å². The minimum atomic E-state index is -0.774. The third-order valence-corrected chi connectivity index (χ3v) is 4.04. The molecule has 2 N–H and O–H groups in total. The second-order valence-electron chi connectivity index (χ2n) is 6.03. The first-order chi connectivity index (χ1) is 14.0. The van der Waals surface area contributed by atoms with E-state index in [1.807, 2.05) is 6.92 Å². The fourth-order valence-corrected chi connectivity index (χ4v) is 2.58. The van der Waals surface area contributed by atoms with E-state index in [9.17, 15) is 14.4 Å². The monoisotopic (exact) mass is 396 g/mol. The van der Waals surface area contributed by atoms with Gasteiger partial charge in [-0.25, -0.2) is 4.98 Å². The van der Waals surface area contributed by atoms with Gasteiger partial charge >= 0.3 is 0 Å². The van der Waals surface area contributed by atoms with Gasteiger partial charge in [0.25, 0.3) is 17.4 Å². The van der Waals surface area contributed by atoms with Gasteiger partial charge in [-0.05, 0) is 36.8 Å². The maximum atomic E-state index is 12.4. The van der Waals surface area contributed by atoms with Crippen LogP contribution in [0, 0.1) is 0 Å². The van der Waals surface area contributed by atoms with Crippen molar-refractivity contribution in [2.45, 2.75) is 13.3 Å². The van der Waals surface area contributed by atoms with E-state index in [4.69, 9.17) is 9.47 Å². The van der Waals surface area contributed by atoms with Gasteiger partial charge in [-0.3, -0.25) is 29.6 Å². The van der Waals surface area contributed by atoms with Gasteiger partial charge in [0.1, 0.15) is 11.2 Å². The molecule has 2 aromatic heterocycles. The van der Waals surface area contributed by atoms with Gasteiger partial charge in [0.15, 0.2) is 11.5 Å². The molecule has 0 saturated heterocycles. The van der Waals surface area contributed by atoms with Crippen molar-refractivity contribution >= 4 is 17.5 Å². The molecule has 3 aromatic rings. The Hall–Kier alpha value is -3.88. The predicted octanol–water partition coefficient (Wildman–Crippen LogP) is 1.57. The summed E-state index contributed by atoms with van der Waals surface area (Å²) in [6, 6.07) is 9.69. The minimum Gasteiger partial charge on any atom is -0.493 e. The molecule has 0 unspecified atom stereocenters. The Morgan fingerprint density at radius 3 is 2.66 bits per heavy atom. The molecule has 2 heterocycles. The Balaban J connectivity index is 1.71. The van der Waals surface area contributed by atoms with Crippen molar-refractivity contribution in [3.63, 3.8) is 0 Å². The van der Waals surface area contributed by atoms with Gasteiger partial charge in [0.05, 0.1) is 13.7 Å². The zero-order valence-electron chi connectivity index (χ0n) is 16.0. The molecule has 0 aliphatic heterocycles. The normalized spacial score (nSPS) is 10.4. The maximum Gasteiger partial charge on any atom is 0.276 e. The first-order valence-electron chi connectivity index (χ1n) is 8.93. The van der Waals surface area contributed by atoms with E-state index in [2.05, 4.69) is 15.8 Å². The summed E-state index contributed by atoms with van der Waals surface area (Å²) in [6.07, 6.45) is 3.51. The summed E-state index contributed by atoms with van der Waals surface area (Å²) >= 11 is 0. The molecule has 0 radical (unpaired) electrons. The summed E-state index contributed by atoms with van der Waals surface area (Å²) in [4.78, 5) is 41.1. The van der Waals surface area contributed by atoms with Crippen molar-refractivity contribution in [3.05, 3.63) is 70.3 Å². The first kappa shape index (κ1) is 19.9. The van der Waals surface area contributed by atoms with Gasteiger partial charge in [0.2, 0.25) is 0 Å². The van der Waals surface area contributed by atoms with E-state index in [0.29, 0.717) is 23.8 Å². The van der Waals surface area contributed by atoms with Crippen LogP contribution in [0.2, 0.25) is 0 Å². The third-order valence-electron chi connectivity index (χ3n) is 4.04. The van der Waals surface area contributed by atoms with Crippen LogP contribution in [0.25, 0.3) is 5.65 Å². The molecule has 9 nitrogen and oxygen atoms in total. The fourth-order valence-electron chi connectivity index (χ4n) is 2.58.